The Hall–Kier alpha value is -2.97. The zero-order chi connectivity index (χ0) is 21.5. The lowest BCUT2D eigenvalue weighted by Crippen LogP contribution is -2.40. The molecule has 1 unspecified atom stereocenters. The predicted molar refractivity (Wildman–Crippen MR) is 112 cm³/mol. The predicted octanol–water partition coefficient (Wildman–Crippen LogP) is 2.87. The highest BCUT2D eigenvalue weighted by atomic mass is 32.2. The third-order valence-corrected chi connectivity index (χ3v) is 6.55. The Morgan fingerprint density at radius 1 is 1.00 bits per heavy atom. The number of hydrogen-bond donors (Lipinski definition) is 1. The van der Waals surface area contributed by atoms with E-state index in [1.54, 1.807) is 24.1 Å². The number of ether oxygens (including phenoxy) is 1. The van der Waals surface area contributed by atoms with Crippen LogP contribution < -0.4 is 14.8 Å². The van der Waals surface area contributed by atoms with Gasteiger partial charge in [-0.1, -0.05) is 12.1 Å². The number of ketones is 1. The number of allylic oxidation sites excluding steroid dienone is 2. The van der Waals surface area contributed by atoms with Crippen LogP contribution in [0, 0.1) is 0 Å². The van der Waals surface area contributed by atoms with Gasteiger partial charge in [-0.2, -0.15) is 0 Å². The van der Waals surface area contributed by atoms with Crippen molar-refractivity contribution in [2.24, 2.45) is 5.14 Å². The Bertz CT molecular complexity index is 1140. The number of rotatable bonds is 4. The molecule has 30 heavy (non-hydrogen) atoms. The summed E-state index contributed by atoms with van der Waals surface area (Å²) in [7, 11) is -2.24. The van der Waals surface area contributed by atoms with Gasteiger partial charge in [0.15, 0.2) is 5.78 Å². The van der Waals surface area contributed by atoms with Crippen LogP contribution in [0.15, 0.2) is 64.7 Å². The fraction of sp³-hybridized carbons (Fsp3) is 0.273. The van der Waals surface area contributed by atoms with E-state index in [0.29, 0.717) is 42.0 Å². The molecule has 0 radical (unpaired) electrons. The van der Waals surface area contributed by atoms with E-state index in [-0.39, 0.29) is 28.9 Å². The zero-order valence-corrected chi connectivity index (χ0v) is 17.3. The van der Waals surface area contributed by atoms with Crippen molar-refractivity contribution in [2.75, 3.05) is 12.0 Å². The fourth-order valence-electron chi connectivity index (χ4n) is 4.20. The topological polar surface area (TPSA) is 107 Å². The minimum atomic E-state index is -3.83. The molecule has 2 N–H and O–H groups in total. The molecule has 1 amide bonds. The van der Waals surface area contributed by atoms with Crippen molar-refractivity contribution in [2.45, 2.75) is 36.5 Å². The summed E-state index contributed by atoms with van der Waals surface area (Å²) in [5.41, 5.74) is 2.80. The number of carbonyl (C=O) groups excluding carboxylic acids is 2. The van der Waals surface area contributed by atoms with E-state index in [2.05, 4.69) is 0 Å². The van der Waals surface area contributed by atoms with Gasteiger partial charge in [-0.25, -0.2) is 13.6 Å². The smallest absolute Gasteiger partial charge is 0.238 e. The van der Waals surface area contributed by atoms with E-state index in [1.165, 1.54) is 12.1 Å². The highest BCUT2D eigenvalue weighted by molar-refractivity contribution is 7.89. The van der Waals surface area contributed by atoms with Crippen molar-refractivity contribution in [3.05, 3.63) is 65.4 Å². The van der Waals surface area contributed by atoms with Crippen LogP contribution >= 0.6 is 0 Å². The lowest BCUT2D eigenvalue weighted by atomic mass is 9.77. The molecule has 2 aliphatic rings. The van der Waals surface area contributed by atoms with Crippen LogP contribution in [0.1, 0.15) is 37.2 Å². The molecular weight excluding hydrogens is 404 g/mol. The molecule has 2 aromatic rings. The minimum absolute atomic E-state index is 0.0271. The highest BCUT2D eigenvalue weighted by Gasteiger charge is 2.39. The first-order chi connectivity index (χ1) is 14.3. The van der Waals surface area contributed by atoms with Crippen molar-refractivity contribution in [1.29, 1.82) is 0 Å². The quantitative estimate of drug-likeness (QED) is 0.809. The van der Waals surface area contributed by atoms with E-state index < -0.39 is 10.0 Å². The lowest BCUT2D eigenvalue weighted by Gasteiger charge is -2.38. The second-order valence-corrected chi connectivity index (χ2v) is 9.00. The molecule has 4 rings (SSSR count). The Morgan fingerprint density at radius 3 is 2.27 bits per heavy atom. The molecule has 0 bridgehead atoms. The first-order valence-electron chi connectivity index (χ1n) is 9.65. The van der Waals surface area contributed by atoms with Gasteiger partial charge in [-0.15, -0.1) is 0 Å². The molecule has 7 nitrogen and oxygen atoms in total. The summed E-state index contributed by atoms with van der Waals surface area (Å²) in [6, 6.07) is 13.3. The molecule has 0 aromatic heterocycles. The summed E-state index contributed by atoms with van der Waals surface area (Å²) in [5.74, 6) is 0.330. The van der Waals surface area contributed by atoms with E-state index >= 15 is 0 Å². The number of benzene rings is 2. The molecule has 0 saturated heterocycles. The van der Waals surface area contributed by atoms with Gasteiger partial charge in [0.25, 0.3) is 0 Å². The molecule has 1 heterocycles. The average Bonchev–Trinajstić information content (AvgIpc) is 2.73. The summed E-state index contributed by atoms with van der Waals surface area (Å²) >= 11 is 0. The lowest BCUT2D eigenvalue weighted by molar-refractivity contribution is -0.119. The van der Waals surface area contributed by atoms with Crippen LogP contribution in [-0.2, 0) is 19.6 Å². The molecular formula is C22H22N2O5S. The number of sulfonamides is 1. The maximum Gasteiger partial charge on any atom is 0.238 e. The van der Waals surface area contributed by atoms with E-state index in [4.69, 9.17) is 9.88 Å². The summed E-state index contributed by atoms with van der Waals surface area (Å²) < 4.78 is 28.3. The highest BCUT2D eigenvalue weighted by Crippen LogP contribution is 2.43. The largest absolute Gasteiger partial charge is 0.497 e. The number of primary sulfonamides is 1. The van der Waals surface area contributed by atoms with E-state index in [0.717, 1.165) is 5.56 Å². The maximum atomic E-state index is 13.2. The third kappa shape index (κ3) is 3.64. The number of methoxy groups -OCH3 is 1. The second-order valence-electron chi connectivity index (χ2n) is 7.44. The molecule has 8 heteroatoms. The Morgan fingerprint density at radius 2 is 1.67 bits per heavy atom. The normalized spacial score (nSPS) is 19.7. The molecule has 1 aliphatic heterocycles. The standard InChI is InChI=1S/C22H22N2O5S/c1-29-16-9-5-14(6-10-16)18-13-21(26)24(19-3-2-4-20(25)22(18)19)15-7-11-17(12-8-15)30(23,27)28/h5-12,18H,2-4,13H2,1H3,(H2,23,27,28). The van der Waals surface area contributed by atoms with Crippen LogP contribution in [0.2, 0.25) is 0 Å². The van der Waals surface area contributed by atoms with E-state index in [1.807, 2.05) is 24.3 Å². The Kier molecular flexibility index (Phi) is 5.21. The Balaban J connectivity index is 1.79. The van der Waals surface area contributed by atoms with Crippen LogP contribution in [-0.4, -0.2) is 27.2 Å². The number of anilines is 1. The van der Waals surface area contributed by atoms with Gasteiger partial charge in [0, 0.05) is 35.7 Å². The van der Waals surface area contributed by atoms with Crippen LogP contribution in [0.4, 0.5) is 5.69 Å². The van der Waals surface area contributed by atoms with Gasteiger partial charge < -0.3 is 4.74 Å². The van der Waals surface area contributed by atoms with Crippen LogP contribution in [0.5, 0.6) is 5.75 Å². The molecule has 156 valence electrons. The molecule has 2 aromatic carbocycles. The average molecular weight is 426 g/mol. The van der Waals surface area contributed by atoms with Gasteiger partial charge in [0.2, 0.25) is 15.9 Å². The maximum absolute atomic E-state index is 13.2. The monoisotopic (exact) mass is 426 g/mol. The van der Waals surface area contributed by atoms with Crippen molar-refractivity contribution < 1.29 is 22.7 Å². The molecule has 0 spiro atoms. The molecule has 0 fully saturated rings. The SMILES string of the molecule is COc1ccc(C2CC(=O)N(c3ccc(S(N)(=O)=O)cc3)C3=C2C(=O)CCC3)cc1. The number of carbonyl (C=O) groups is 2. The van der Waals surface area contributed by atoms with Crippen LogP contribution in [0.3, 0.4) is 0 Å². The number of nitrogens with zero attached hydrogens (tertiary/aromatic N) is 1. The fourth-order valence-corrected chi connectivity index (χ4v) is 4.71. The van der Waals surface area contributed by atoms with Crippen molar-refractivity contribution in [3.8, 4) is 5.75 Å². The second kappa shape index (κ2) is 7.70. The third-order valence-electron chi connectivity index (χ3n) is 5.62. The van der Waals surface area contributed by atoms with Crippen molar-refractivity contribution in [1.82, 2.24) is 0 Å². The summed E-state index contributed by atoms with van der Waals surface area (Å²) in [4.78, 5) is 27.6. The number of Topliss-reactive ketones (excluding diaryl/α,β-unsaturated/α-hetero) is 1. The van der Waals surface area contributed by atoms with Gasteiger partial charge in [0.1, 0.15) is 5.75 Å². The summed E-state index contributed by atoms with van der Waals surface area (Å²) in [5, 5.41) is 5.17. The Labute approximate surface area is 175 Å². The minimum Gasteiger partial charge on any atom is -0.497 e. The number of hydrogen-bond acceptors (Lipinski definition) is 5. The number of nitrogens with two attached hydrogens (primary N) is 1. The first kappa shape index (κ1) is 20.3. The molecule has 1 atom stereocenters. The summed E-state index contributed by atoms with van der Waals surface area (Å²) in [6.07, 6.45) is 1.90. The number of amides is 1. The first-order valence-corrected chi connectivity index (χ1v) is 11.2. The molecule has 1 aliphatic carbocycles. The molecule has 0 saturated carbocycles. The van der Waals surface area contributed by atoms with E-state index in [9.17, 15) is 18.0 Å². The summed E-state index contributed by atoms with van der Waals surface area (Å²) in [6.45, 7) is 0. The van der Waals surface area contributed by atoms with Gasteiger partial charge in [-0.3, -0.25) is 14.5 Å². The van der Waals surface area contributed by atoms with Crippen LogP contribution in [0.25, 0.3) is 0 Å². The van der Waals surface area contributed by atoms with Gasteiger partial charge in [0.05, 0.1) is 12.0 Å². The van der Waals surface area contributed by atoms with Crippen molar-refractivity contribution in [3.63, 3.8) is 0 Å². The van der Waals surface area contributed by atoms with Gasteiger partial charge in [-0.05, 0) is 54.8 Å². The van der Waals surface area contributed by atoms with Crippen molar-refractivity contribution >= 4 is 27.4 Å². The van der Waals surface area contributed by atoms with Gasteiger partial charge >= 0.3 is 0 Å². The zero-order valence-electron chi connectivity index (χ0n) is 16.5.